The average Bonchev–Trinajstić information content (AvgIpc) is 2.70. The van der Waals surface area contributed by atoms with E-state index in [0.717, 1.165) is 10.7 Å². The monoisotopic (exact) mass is 277 g/mol. The predicted octanol–water partition coefficient (Wildman–Crippen LogP) is -0.536. The molecule has 1 rings (SSSR count). The van der Waals surface area contributed by atoms with Gasteiger partial charge in [0.2, 0.25) is 15.9 Å². The molecule has 6 nitrogen and oxygen atoms in total. The summed E-state index contributed by atoms with van der Waals surface area (Å²) in [7, 11) is -1.86. The van der Waals surface area contributed by atoms with E-state index in [1.54, 1.807) is 11.8 Å². The van der Waals surface area contributed by atoms with Gasteiger partial charge in [-0.3, -0.25) is 4.79 Å². The highest BCUT2D eigenvalue weighted by molar-refractivity contribution is 7.89. The zero-order valence-corrected chi connectivity index (χ0v) is 12.1. The third kappa shape index (κ3) is 3.43. The van der Waals surface area contributed by atoms with Crippen molar-refractivity contribution in [2.45, 2.75) is 26.3 Å². The van der Waals surface area contributed by atoms with Crippen LogP contribution in [0.5, 0.6) is 0 Å². The fourth-order valence-electron chi connectivity index (χ4n) is 2.26. The molecular weight excluding hydrogens is 254 g/mol. The zero-order valence-electron chi connectivity index (χ0n) is 11.3. The van der Waals surface area contributed by atoms with Crippen LogP contribution in [-0.2, 0) is 14.8 Å². The van der Waals surface area contributed by atoms with E-state index in [9.17, 15) is 13.2 Å². The van der Waals surface area contributed by atoms with Gasteiger partial charge in [0, 0.05) is 19.6 Å². The molecule has 106 valence electrons. The van der Waals surface area contributed by atoms with Crippen LogP contribution >= 0.6 is 0 Å². The standard InChI is InChI=1S/C11H23N3O3S/c1-4-18(16,17)13(3)8-11(15)14-7-10(6-12)5-9(14)2/h9-10H,4-8,12H2,1-3H3. The molecule has 0 radical (unpaired) electrons. The number of carbonyl (C=O) groups is 1. The van der Waals surface area contributed by atoms with E-state index in [4.69, 9.17) is 5.73 Å². The molecule has 18 heavy (non-hydrogen) atoms. The minimum atomic E-state index is -3.30. The Labute approximate surface area is 109 Å². The number of likely N-dealkylation sites (N-methyl/N-ethyl adjacent to an activating group) is 1. The van der Waals surface area contributed by atoms with Gasteiger partial charge in [-0.25, -0.2) is 8.42 Å². The molecule has 0 aromatic carbocycles. The number of nitrogens with two attached hydrogens (primary N) is 1. The lowest BCUT2D eigenvalue weighted by Gasteiger charge is -2.24. The van der Waals surface area contributed by atoms with E-state index >= 15 is 0 Å². The smallest absolute Gasteiger partial charge is 0.238 e. The summed E-state index contributed by atoms with van der Waals surface area (Å²) in [6.07, 6.45) is 0.895. The Morgan fingerprint density at radius 1 is 1.50 bits per heavy atom. The molecule has 1 amide bonds. The van der Waals surface area contributed by atoms with Crippen LogP contribution in [0.1, 0.15) is 20.3 Å². The third-order valence-corrected chi connectivity index (χ3v) is 5.32. The van der Waals surface area contributed by atoms with E-state index in [0.29, 0.717) is 19.0 Å². The van der Waals surface area contributed by atoms with Gasteiger partial charge in [0.05, 0.1) is 12.3 Å². The maximum absolute atomic E-state index is 12.1. The van der Waals surface area contributed by atoms with E-state index in [-0.39, 0.29) is 24.2 Å². The molecule has 1 heterocycles. The number of amides is 1. The highest BCUT2D eigenvalue weighted by Gasteiger charge is 2.32. The van der Waals surface area contributed by atoms with Gasteiger partial charge >= 0.3 is 0 Å². The lowest BCUT2D eigenvalue weighted by Crippen LogP contribution is -2.43. The van der Waals surface area contributed by atoms with Gasteiger partial charge in [-0.2, -0.15) is 4.31 Å². The zero-order chi connectivity index (χ0) is 13.9. The molecule has 2 unspecified atom stereocenters. The largest absolute Gasteiger partial charge is 0.339 e. The second-order valence-electron chi connectivity index (χ2n) is 4.89. The molecule has 0 bridgehead atoms. The Morgan fingerprint density at radius 3 is 2.56 bits per heavy atom. The Morgan fingerprint density at radius 2 is 2.11 bits per heavy atom. The Kier molecular flexibility index (Phi) is 5.12. The van der Waals surface area contributed by atoms with Gasteiger partial charge in [-0.05, 0) is 32.7 Å². The van der Waals surface area contributed by atoms with E-state index in [1.165, 1.54) is 7.05 Å². The minimum absolute atomic E-state index is 0.0117. The normalized spacial score (nSPS) is 24.8. The maximum atomic E-state index is 12.1. The minimum Gasteiger partial charge on any atom is -0.339 e. The fourth-order valence-corrected chi connectivity index (χ4v) is 3.01. The van der Waals surface area contributed by atoms with E-state index in [1.807, 2.05) is 6.92 Å². The molecule has 0 aliphatic carbocycles. The number of sulfonamides is 1. The van der Waals surface area contributed by atoms with Crippen LogP contribution in [0.25, 0.3) is 0 Å². The number of hydrogen-bond acceptors (Lipinski definition) is 4. The molecule has 1 fully saturated rings. The molecule has 1 saturated heterocycles. The number of hydrogen-bond donors (Lipinski definition) is 1. The average molecular weight is 277 g/mol. The fraction of sp³-hybridized carbons (Fsp3) is 0.909. The summed E-state index contributed by atoms with van der Waals surface area (Å²) in [6, 6.07) is 0.142. The van der Waals surface area contributed by atoms with Gasteiger partial charge in [0.1, 0.15) is 0 Å². The van der Waals surface area contributed by atoms with Crippen molar-refractivity contribution in [3.63, 3.8) is 0 Å². The van der Waals surface area contributed by atoms with Crippen molar-refractivity contribution < 1.29 is 13.2 Å². The maximum Gasteiger partial charge on any atom is 0.238 e. The van der Waals surface area contributed by atoms with Crippen molar-refractivity contribution in [1.82, 2.24) is 9.21 Å². The van der Waals surface area contributed by atoms with Gasteiger partial charge < -0.3 is 10.6 Å². The van der Waals surface area contributed by atoms with Gasteiger partial charge in [0.25, 0.3) is 0 Å². The molecule has 0 aromatic heterocycles. The molecule has 7 heteroatoms. The molecule has 1 aliphatic rings. The number of likely N-dealkylation sites (tertiary alicyclic amines) is 1. The second kappa shape index (κ2) is 5.99. The van der Waals surface area contributed by atoms with Crippen LogP contribution < -0.4 is 5.73 Å². The number of rotatable bonds is 5. The Hall–Kier alpha value is -0.660. The molecule has 2 N–H and O–H groups in total. The van der Waals surface area contributed by atoms with Crippen molar-refractivity contribution in [3.8, 4) is 0 Å². The summed E-state index contributed by atoms with van der Waals surface area (Å²) in [5.41, 5.74) is 5.61. The summed E-state index contributed by atoms with van der Waals surface area (Å²) in [6.45, 7) is 4.66. The first kappa shape index (κ1) is 15.4. The van der Waals surface area contributed by atoms with Gasteiger partial charge in [-0.15, -0.1) is 0 Å². The topological polar surface area (TPSA) is 83.7 Å². The van der Waals surface area contributed by atoms with Gasteiger partial charge in [0.15, 0.2) is 0 Å². The van der Waals surface area contributed by atoms with Crippen molar-refractivity contribution >= 4 is 15.9 Å². The summed E-state index contributed by atoms with van der Waals surface area (Å²) in [5, 5.41) is 0. The molecular formula is C11H23N3O3S. The summed E-state index contributed by atoms with van der Waals surface area (Å²) >= 11 is 0. The highest BCUT2D eigenvalue weighted by Crippen LogP contribution is 2.22. The van der Waals surface area contributed by atoms with Crippen LogP contribution in [0.4, 0.5) is 0 Å². The van der Waals surface area contributed by atoms with E-state index < -0.39 is 10.0 Å². The highest BCUT2D eigenvalue weighted by atomic mass is 32.2. The predicted molar refractivity (Wildman–Crippen MR) is 70.4 cm³/mol. The quantitative estimate of drug-likeness (QED) is 0.732. The third-order valence-electron chi connectivity index (χ3n) is 3.51. The second-order valence-corrected chi connectivity index (χ2v) is 7.25. The Balaban J connectivity index is 2.62. The first-order chi connectivity index (χ1) is 8.31. The first-order valence-electron chi connectivity index (χ1n) is 6.25. The van der Waals surface area contributed by atoms with Crippen LogP contribution in [-0.4, -0.2) is 62.0 Å². The van der Waals surface area contributed by atoms with Crippen molar-refractivity contribution in [3.05, 3.63) is 0 Å². The number of carbonyl (C=O) groups excluding carboxylic acids is 1. The van der Waals surface area contributed by atoms with Crippen LogP contribution in [0, 0.1) is 5.92 Å². The van der Waals surface area contributed by atoms with Crippen molar-refractivity contribution in [2.75, 3.05) is 32.4 Å². The van der Waals surface area contributed by atoms with Crippen molar-refractivity contribution in [2.24, 2.45) is 11.7 Å². The SMILES string of the molecule is CCS(=O)(=O)N(C)CC(=O)N1CC(CN)CC1C. The van der Waals surface area contributed by atoms with Crippen molar-refractivity contribution in [1.29, 1.82) is 0 Å². The lowest BCUT2D eigenvalue weighted by atomic mass is 10.1. The van der Waals surface area contributed by atoms with Crippen LogP contribution in [0.2, 0.25) is 0 Å². The molecule has 2 atom stereocenters. The van der Waals surface area contributed by atoms with Crippen LogP contribution in [0.3, 0.4) is 0 Å². The number of nitrogens with zero attached hydrogens (tertiary/aromatic N) is 2. The molecule has 0 spiro atoms. The summed E-state index contributed by atoms with van der Waals surface area (Å²) < 4.78 is 24.3. The van der Waals surface area contributed by atoms with Gasteiger partial charge in [-0.1, -0.05) is 0 Å². The van der Waals surface area contributed by atoms with E-state index in [2.05, 4.69) is 0 Å². The lowest BCUT2D eigenvalue weighted by molar-refractivity contribution is -0.131. The first-order valence-corrected chi connectivity index (χ1v) is 7.86. The Bertz CT molecular complexity index is 396. The van der Waals surface area contributed by atoms with Crippen LogP contribution in [0.15, 0.2) is 0 Å². The summed E-state index contributed by atoms with van der Waals surface area (Å²) in [5.74, 6) is 0.201. The molecule has 0 saturated carbocycles. The molecule has 1 aliphatic heterocycles. The molecule has 0 aromatic rings. The summed E-state index contributed by atoms with van der Waals surface area (Å²) in [4.78, 5) is 13.8.